The van der Waals surface area contributed by atoms with Gasteiger partial charge in [-0.15, -0.1) is 0 Å². The maximum atomic E-state index is 6.47. The minimum absolute atomic E-state index is 0.701. The summed E-state index contributed by atoms with van der Waals surface area (Å²) in [5, 5.41) is 8.12. The van der Waals surface area contributed by atoms with E-state index in [1.807, 2.05) is 43.3 Å². The lowest BCUT2D eigenvalue weighted by Gasteiger charge is -2.24. The first-order valence-corrected chi connectivity index (χ1v) is 12.3. The second-order valence-corrected chi connectivity index (χ2v) is 9.70. The quantitative estimate of drug-likeness (QED) is 0.214. The van der Waals surface area contributed by atoms with Gasteiger partial charge in [0, 0.05) is 50.8 Å². The van der Waals surface area contributed by atoms with Gasteiger partial charge in [-0.3, -0.25) is 0 Å². The monoisotopic (exact) mass is 478 g/mol. The highest BCUT2D eigenvalue weighted by atomic mass is 16.5. The lowest BCUT2D eigenvalue weighted by atomic mass is 10.1. The van der Waals surface area contributed by atoms with Crippen molar-refractivity contribution in [1.82, 2.24) is 15.0 Å². The summed E-state index contributed by atoms with van der Waals surface area (Å²) in [6, 6.07) is 26.7. The molecule has 3 aromatic heterocycles. The molecule has 0 radical (unpaired) electrons. The molecule has 1 aliphatic heterocycles. The van der Waals surface area contributed by atoms with Crippen molar-refractivity contribution in [3.8, 4) is 11.5 Å². The van der Waals surface area contributed by atoms with Crippen LogP contribution < -0.4 is 10.1 Å². The van der Waals surface area contributed by atoms with E-state index in [0.29, 0.717) is 11.2 Å². The largest absolute Gasteiger partial charge is 0.453 e. The number of benzene rings is 5. The van der Waals surface area contributed by atoms with Gasteiger partial charge in [-0.1, -0.05) is 36.4 Å². The van der Waals surface area contributed by atoms with Gasteiger partial charge < -0.3 is 19.5 Å². The second-order valence-electron chi connectivity index (χ2n) is 9.70. The normalized spacial score (nSPS) is 12.9. The summed E-state index contributed by atoms with van der Waals surface area (Å²) in [7, 11) is 0. The van der Waals surface area contributed by atoms with Crippen molar-refractivity contribution in [2.45, 2.75) is 6.92 Å². The lowest BCUT2D eigenvalue weighted by molar-refractivity contribution is 0.478. The van der Waals surface area contributed by atoms with Crippen LogP contribution in [0.15, 0.2) is 83.3 Å². The molecule has 0 spiro atoms. The van der Waals surface area contributed by atoms with Gasteiger partial charge in [-0.2, -0.15) is 0 Å². The fourth-order valence-electron chi connectivity index (χ4n) is 5.72. The Balaban J connectivity index is 1.25. The molecule has 9 rings (SSSR count). The number of para-hydroxylation sites is 2. The molecule has 6 nitrogen and oxygen atoms in total. The highest BCUT2D eigenvalue weighted by Gasteiger charge is 2.23. The molecule has 1 aliphatic rings. The van der Waals surface area contributed by atoms with E-state index >= 15 is 0 Å². The molecule has 0 atom stereocenters. The first-order valence-electron chi connectivity index (χ1n) is 12.3. The highest BCUT2D eigenvalue weighted by Crippen LogP contribution is 2.48. The molecule has 0 bridgehead atoms. The van der Waals surface area contributed by atoms with Crippen LogP contribution in [0, 0.1) is 6.92 Å². The molecule has 0 saturated heterocycles. The van der Waals surface area contributed by atoms with Crippen molar-refractivity contribution in [3.63, 3.8) is 0 Å². The molecule has 0 unspecified atom stereocenters. The number of hydrogen-bond acceptors (Lipinski definition) is 5. The molecule has 5 aromatic carbocycles. The van der Waals surface area contributed by atoms with E-state index in [9.17, 15) is 0 Å². The van der Waals surface area contributed by atoms with Gasteiger partial charge in [0.05, 0.1) is 27.9 Å². The summed E-state index contributed by atoms with van der Waals surface area (Å²) in [5.74, 6) is 1.54. The van der Waals surface area contributed by atoms with E-state index in [-0.39, 0.29) is 0 Å². The summed E-state index contributed by atoms with van der Waals surface area (Å²) in [4.78, 5) is 13.3. The molecule has 0 fully saturated rings. The van der Waals surface area contributed by atoms with Crippen LogP contribution in [0.4, 0.5) is 11.4 Å². The molecule has 4 heterocycles. The van der Waals surface area contributed by atoms with E-state index in [1.165, 1.54) is 5.39 Å². The number of hydrogen-bond donors (Lipinski definition) is 2. The van der Waals surface area contributed by atoms with Crippen LogP contribution in [-0.4, -0.2) is 15.0 Å². The topological polar surface area (TPSA) is 76.0 Å². The number of ether oxygens (including phenoxy) is 1. The third-order valence-electron chi connectivity index (χ3n) is 7.50. The summed E-state index contributed by atoms with van der Waals surface area (Å²) in [6.45, 7) is 2.03. The molecular weight excluding hydrogens is 460 g/mol. The Morgan fingerprint density at radius 2 is 1.51 bits per heavy atom. The minimum Gasteiger partial charge on any atom is -0.453 e. The summed E-state index contributed by atoms with van der Waals surface area (Å²) < 4.78 is 12.9. The number of aromatic amines is 1. The Bertz CT molecular complexity index is 2280. The van der Waals surface area contributed by atoms with E-state index < -0.39 is 0 Å². The number of nitrogens with zero attached hydrogens (tertiary/aromatic N) is 2. The first-order chi connectivity index (χ1) is 18.2. The van der Waals surface area contributed by atoms with Crippen molar-refractivity contribution in [3.05, 3.63) is 84.4 Å². The summed E-state index contributed by atoms with van der Waals surface area (Å²) in [5.41, 5.74) is 9.74. The molecule has 0 aliphatic carbocycles. The van der Waals surface area contributed by atoms with Crippen LogP contribution in [0.3, 0.4) is 0 Å². The standard InChI is InChI=1S/C31H18N4O2/c1-15-30-29(36-27-12-22-19(11-25(27)35-30)17-7-3-5-9-21(17)32-22)14-26-31(15)37-28-13-23-18(10-24(28)34-26)16-6-2-4-8-20(16)33-23/h2-14,33-34H,1H3. The van der Waals surface area contributed by atoms with Crippen LogP contribution in [0.5, 0.6) is 11.5 Å². The number of H-pyrrole nitrogens is 1. The third-order valence-corrected chi connectivity index (χ3v) is 7.50. The zero-order valence-corrected chi connectivity index (χ0v) is 19.7. The molecule has 6 heteroatoms. The molecule has 0 amide bonds. The van der Waals surface area contributed by atoms with E-state index in [2.05, 4.69) is 52.8 Å². The smallest absolute Gasteiger partial charge is 0.156 e. The molecular formula is C31H18N4O2. The Kier molecular flexibility index (Phi) is 3.39. The van der Waals surface area contributed by atoms with E-state index in [1.54, 1.807) is 0 Å². The van der Waals surface area contributed by atoms with Crippen LogP contribution in [0.1, 0.15) is 5.56 Å². The maximum Gasteiger partial charge on any atom is 0.156 e. The zero-order chi connectivity index (χ0) is 24.2. The molecule has 37 heavy (non-hydrogen) atoms. The van der Waals surface area contributed by atoms with Crippen LogP contribution in [0.2, 0.25) is 0 Å². The SMILES string of the molecule is Cc1c2c(cc3oc4cc5nc6ccccc6c5cc4nc13)Nc1cc3c(cc1O2)[nH]c1ccccc13. The Labute approximate surface area is 209 Å². The fourth-order valence-corrected chi connectivity index (χ4v) is 5.72. The number of fused-ring (bicyclic) bond motifs is 10. The molecule has 174 valence electrons. The summed E-state index contributed by atoms with van der Waals surface area (Å²) in [6.07, 6.45) is 0. The van der Waals surface area contributed by atoms with Gasteiger partial charge in [0.25, 0.3) is 0 Å². The Morgan fingerprint density at radius 3 is 2.46 bits per heavy atom. The number of rotatable bonds is 0. The maximum absolute atomic E-state index is 6.47. The van der Waals surface area contributed by atoms with Crippen molar-refractivity contribution >= 4 is 77.2 Å². The van der Waals surface area contributed by atoms with Gasteiger partial charge in [0.15, 0.2) is 22.7 Å². The van der Waals surface area contributed by atoms with Crippen molar-refractivity contribution in [2.24, 2.45) is 0 Å². The van der Waals surface area contributed by atoms with Gasteiger partial charge in [0.1, 0.15) is 11.0 Å². The van der Waals surface area contributed by atoms with Crippen LogP contribution in [-0.2, 0) is 0 Å². The van der Waals surface area contributed by atoms with Crippen LogP contribution in [0.25, 0.3) is 65.8 Å². The lowest BCUT2D eigenvalue weighted by Crippen LogP contribution is -2.05. The van der Waals surface area contributed by atoms with Gasteiger partial charge >= 0.3 is 0 Å². The zero-order valence-electron chi connectivity index (χ0n) is 19.7. The third kappa shape index (κ3) is 2.53. The van der Waals surface area contributed by atoms with Crippen molar-refractivity contribution < 1.29 is 9.15 Å². The molecule has 0 saturated carbocycles. The molecule has 2 N–H and O–H groups in total. The first kappa shape index (κ1) is 19.1. The number of aromatic nitrogens is 3. The fraction of sp³-hybridized carbons (Fsp3) is 0.0323. The Morgan fingerprint density at radius 1 is 0.649 bits per heavy atom. The predicted octanol–water partition coefficient (Wildman–Crippen LogP) is 8.47. The number of nitrogens with one attached hydrogen (secondary N) is 2. The number of anilines is 2. The van der Waals surface area contributed by atoms with Crippen LogP contribution >= 0.6 is 0 Å². The van der Waals surface area contributed by atoms with Gasteiger partial charge in [-0.25, -0.2) is 9.97 Å². The van der Waals surface area contributed by atoms with Crippen molar-refractivity contribution in [1.29, 1.82) is 0 Å². The van der Waals surface area contributed by atoms with E-state index in [0.717, 1.165) is 77.7 Å². The van der Waals surface area contributed by atoms with Gasteiger partial charge in [0.2, 0.25) is 0 Å². The highest BCUT2D eigenvalue weighted by molar-refractivity contribution is 6.12. The average Bonchev–Trinajstić information content (AvgIpc) is 3.46. The van der Waals surface area contributed by atoms with Gasteiger partial charge in [-0.05, 0) is 31.2 Å². The number of aryl methyl sites for hydroxylation is 1. The second kappa shape index (κ2) is 6.56. The average molecular weight is 479 g/mol. The summed E-state index contributed by atoms with van der Waals surface area (Å²) >= 11 is 0. The predicted molar refractivity (Wildman–Crippen MR) is 148 cm³/mol. The van der Waals surface area contributed by atoms with Crippen molar-refractivity contribution in [2.75, 3.05) is 5.32 Å². The minimum atomic E-state index is 0.701. The van der Waals surface area contributed by atoms with E-state index in [4.69, 9.17) is 19.1 Å². The molecule has 8 aromatic rings. The Hall–Kier alpha value is -5.10.